The Morgan fingerprint density at radius 2 is 1.76 bits per heavy atom. The minimum Gasteiger partial charge on any atom is -0.459 e. The van der Waals surface area contributed by atoms with Crippen LogP contribution in [0, 0.1) is 34.5 Å². The number of benzene rings is 1. The van der Waals surface area contributed by atoms with Crippen LogP contribution in [-0.4, -0.2) is 17.9 Å². The van der Waals surface area contributed by atoms with Crippen LogP contribution >= 0.6 is 0 Å². The summed E-state index contributed by atoms with van der Waals surface area (Å²) in [6, 6.07) is 9.37. The summed E-state index contributed by atoms with van der Waals surface area (Å²) < 4.78 is 5.92. The third-order valence-corrected chi connectivity index (χ3v) is 9.61. The van der Waals surface area contributed by atoms with E-state index in [1.807, 2.05) is 30.3 Å². The molecule has 0 spiro atoms. The predicted octanol–water partition coefficient (Wildman–Crippen LogP) is 5.82. The van der Waals surface area contributed by atoms with E-state index in [0.717, 1.165) is 50.4 Å². The van der Waals surface area contributed by atoms with Crippen LogP contribution in [0.2, 0.25) is 0 Å². The van der Waals surface area contributed by atoms with Gasteiger partial charge in [-0.15, -0.1) is 0 Å². The number of hydrogen-bond donors (Lipinski definition) is 0. The molecule has 0 heterocycles. The van der Waals surface area contributed by atoms with E-state index in [1.165, 1.54) is 19.3 Å². The summed E-state index contributed by atoms with van der Waals surface area (Å²) in [4.78, 5) is 25.1. The van der Waals surface area contributed by atoms with Gasteiger partial charge in [-0.2, -0.15) is 0 Å². The molecule has 0 amide bonds. The van der Waals surface area contributed by atoms with E-state index in [-0.39, 0.29) is 17.5 Å². The van der Waals surface area contributed by atoms with Crippen molar-refractivity contribution in [2.75, 3.05) is 0 Å². The third-order valence-electron chi connectivity index (χ3n) is 9.61. The van der Waals surface area contributed by atoms with E-state index in [2.05, 4.69) is 13.8 Å². The highest BCUT2D eigenvalue weighted by Crippen LogP contribution is 2.65. The summed E-state index contributed by atoms with van der Waals surface area (Å²) >= 11 is 0. The quantitative estimate of drug-likeness (QED) is 0.593. The standard InChI is InChI=1S/C26H34O3/c1-25-14-12-19(29-24(28)17-6-4-3-5-7-17)16-18(25)8-9-20-21-10-11-23(27)26(21,2)15-13-22(20)25/h3-7,18-22H,8-16H2,1-2H3/t18?,19-,20-,21-,22-,25-,26-/m0/s1. The second-order valence-electron chi connectivity index (χ2n) is 10.7. The van der Waals surface area contributed by atoms with Gasteiger partial charge in [0.1, 0.15) is 11.9 Å². The molecule has 4 saturated carbocycles. The number of Topliss-reactive ketones (excluding diaryl/α,β-unsaturated/α-hetero) is 1. The Morgan fingerprint density at radius 1 is 0.966 bits per heavy atom. The Labute approximate surface area is 174 Å². The highest BCUT2D eigenvalue weighted by Gasteiger charge is 2.60. The molecule has 0 aliphatic heterocycles. The van der Waals surface area contributed by atoms with Gasteiger partial charge in [0.2, 0.25) is 0 Å². The van der Waals surface area contributed by atoms with E-state index < -0.39 is 0 Å². The van der Waals surface area contributed by atoms with Crippen LogP contribution in [0.25, 0.3) is 0 Å². The summed E-state index contributed by atoms with van der Waals surface area (Å²) in [5, 5.41) is 0. The van der Waals surface area contributed by atoms with E-state index in [1.54, 1.807) is 0 Å². The maximum absolute atomic E-state index is 12.6. The van der Waals surface area contributed by atoms with E-state index in [0.29, 0.717) is 28.6 Å². The van der Waals surface area contributed by atoms with Gasteiger partial charge >= 0.3 is 5.97 Å². The van der Waals surface area contributed by atoms with Gasteiger partial charge in [0.25, 0.3) is 0 Å². The van der Waals surface area contributed by atoms with Crippen molar-refractivity contribution in [3.63, 3.8) is 0 Å². The molecule has 0 aromatic heterocycles. The first-order valence-corrected chi connectivity index (χ1v) is 11.7. The number of fused-ring (bicyclic) bond motifs is 5. The van der Waals surface area contributed by atoms with Crippen molar-refractivity contribution < 1.29 is 14.3 Å². The monoisotopic (exact) mass is 394 g/mol. The average Bonchev–Trinajstić information content (AvgIpc) is 3.03. The zero-order chi connectivity index (χ0) is 20.2. The first-order chi connectivity index (χ1) is 13.9. The Hall–Kier alpha value is -1.64. The predicted molar refractivity (Wildman–Crippen MR) is 112 cm³/mol. The highest BCUT2D eigenvalue weighted by molar-refractivity contribution is 5.89. The molecular weight excluding hydrogens is 360 g/mol. The number of rotatable bonds is 2. The molecule has 1 aromatic carbocycles. The number of ketones is 1. The van der Waals surface area contributed by atoms with Crippen molar-refractivity contribution in [1.82, 2.24) is 0 Å². The molecule has 0 radical (unpaired) electrons. The molecule has 7 atom stereocenters. The maximum Gasteiger partial charge on any atom is 0.338 e. The Bertz CT molecular complexity index is 801. The molecule has 1 unspecified atom stereocenters. The molecule has 0 N–H and O–H groups in total. The van der Waals surface area contributed by atoms with E-state index in [4.69, 9.17) is 4.74 Å². The van der Waals surface area contributed by atoms with Crippen molar-refractivity contribution in [3.05, 3.63) is 35.9 Å². The fourth-order valence-electron chi connectivity index (χ4n) is 7.89. The Kier molecular flexibility index (Phi) is 4.64. The molecule has 29 heavy (non-hydrogen) atoms. The number of hydrogen-bond acceptors (Lipinski definition) is 3. The molecule has 3 heteroatoms. The van der Waals surface area contributed by atoms with Gasteiger partial charge in [0.05, 0.1) is 5.56 Å². The van der Waals surface area contributed by atoms with Crippen molar-refractivity contribution in [2.24, 2.45) is 34.5 Å². The number of ether oxygens (including phenoxy) is 1. The molecular formula is C26H34O3. The summed E-state index contributed by atoms with van der Waals surface area (Å²) in [6.07, 6.45) is 9.93. The third kappa shape index (κ3) is 2.99. The fraction of sp³-hybridized carbons (Fsp3) is 0.692. The molecule has 0 saturated heterocycles. The van der Waals surface area contributed by atoms with Crippen LogP contribution in [0.4, 0.5) is 0 Å². The number of carbonyl (C=O) groups is 2. The lowest BCUT2D eigenvalue weighted by Gasteiger charge is -2.60. The minimum atomic E-state index is -0.175. The van der Waals surface area contributed by atoms with E-state index >= 15 is 0 Å². The van der Waals surface area contributed by atoms with Crippen LogP contribution in [0.15, 0.2) is 30.3 Å². The van der Waals surface area contributed by atoms with Gasteiger partial charge in [-0.05, 0) is 92.6 Å². The second-order valence-corrected chi connectivity index (χ2v) is 10.7. The molecule has 1 aromatic rings. The molecule has 156 valence electrons. The van der Waals surface area contributed by atoms with Crippen LogP contribution in [0.3, 0.4) is 0 Å². The largest absolute Gasteiger partial charge is 0.459 e. The highest BCUT2D eigenvalue weighted by atomic mass is 16.5. The molecule has 0 bridgehead atoms. The molecule has 4 aliphatic rings. The van der Waals surface area contributed by atoms with E-state index in [9.17, 15) is 9.59 Å². The lowest BCUT2D eigenvalue weighted by atomic mass is 9.45. The van der Waals surface area contributed by atoms with Crippen LogP contribution in [-0.2, 0) is 9.53 Å². The van der Waals surface area contributed by atoms with Gasteiger partial charge in [-0.25, -0.2) is 4.79 Å². The Morgan fingerprint density at radius 3 is 2.55 bits per heavy atom. The molecule has 5 rings (SSSR count). The summed E-state index contributed by atoms with van der Waals surface area (Å²) in [5.41, 5.74) is 0.972. The fourth-order valence-corrected chi connectivity index (χ4v) is 7.89. The van der Waals surface area contributed by atoms with Crippen LogP contribution in [0.1, 0.15) is 82.0 Å². The lowest BCUT2D eigenvalue weighted by molar-refractivity contribution is -0.142. The van der Waals surface area contributed by atoms with Gasteiger partial charge in [-0.1, -0.05) is 32.0 Å². The Balaban J connectivity index is 1.29. The van der Waals surface area contributed by atoms with Gasteiger partial charge in [0, 0.05) is 11.8 Å². The summed E-state index contributed by atoms with van der Waals surface area (Å²) in [7, 11) is 0. The lowest BCUT2D eigenvalue weighted by Crippen LogP contribution is -2.54. The SMILES string of the molecule is C[C@]12CC[C@H](OC(=O)c3ccccc3)CC1CC[C@@H]1[C@@H]2CC[C@]2(C)C(=O)CC[C@@H]12. The molecule has 4 aliphatic carbocycles. The maximum atomic E-state index is 12.6. The summed E-state index contributed by atoms with van der Waals surface area (Å²) in [5.74, 6) is 3.09. The number of carbonyl (C=O) groups excluding carboxylic acids is 2. The smallest absolute Gasteiger partial charge is 0.338 e. The second kappa shape index (κ2) is 6.96. The van der Waals surface area contributed by atoms with Crippen molar-refractivity contribution in [1.29, 1.82) is 0 Å². The first-order valence-electron chi connectivity index (χ1n) is 11.7. The summed E-state index contributed by atoms with van der Waals surface area (Å²) in [6.45, 7) is 4.78. The van der Waals surface area contributed by atoms with Crippen LogP contribution < -0.4 is 0 Å². The van der Waals surface area contributed by atoms with Crippen molar-refractivity contribution in [2.45, 2.75) is 77.7 Å². The van der Waals surface area contributed by atoms with Crippen LogP contribution in [0.5, 0.6) is 0 Å². The zero-order valence-electron chi connectivity index (χ0n) is 17.9. The zero-order valence-corrected chi connectivity index (χ0v) is 17.9. The molecule has 3 nitrogen and oxygen atoms in total. The van der Waals surface area contributed by atoms with Crippen molar-refractivity contribution >= 4 is 11.8 Å². The average molecular weight is 395 g/mol. The van der Waals surface area contributed by atoms with Crippen molar-refractivity contribution in [3.8, 4) is 0 Å². The first kappa shape index (κ1) is 19.3. The topological polar surface area (TPSA) is 43.4 Å². The normalized spacial score (nSPS) is 43.8. The number of esters is 1. The minimum absolute atomic E-state index is 0.0349. The van der Waals surface area contributed by atoms with Gasteiger partial charge < -0.3 is 4.74 Å². The van der Waals surface area contributed by atoms with Gasteiger partial charge in [0.15, 0.2) is 0 Å². The van der Waals surface area contributed by atoms with Gasteiger partial charge in [-0.3, -0.25) is 4.79 Å². The molecule has 4 fully saturated rings.